The van der Waals surface area contributed by atoms with Crippen LogP contribution in [0.25, 0.3) is 0 Å². The van der Waals surface area contributed by atoms with Crippen molar-refractivity contribution in [3.8, 4) is 0 Å². The summed E-state index contributed by atoms with van der Waals surface area (Å²) in [5.41, 5.74) is 0. The number of carbonyl (C=O) groups is 1. The third-order valence-electron chi connectivity index (χ3n) is 3.07. The van der Waals surface area contributed by atoms with Crippen LogP contribution < -0.4 is 5.32 Å². The summed E-state index contributed by atoms with van der Waals surface area (Å²) in [7, 11) is -0.248. The molecule has 0 saturated carbocycles. The summed E-state index contributed by atoms with van der Waals surface area (Å²) in [4.78, 5) is 11.5. The Morgan fingerprint density at radius 2 is 2.19 bits per heavy atom. The third kappa shape index (κ3) is 5.63. The summed E-state index contributed by atoms with van der Waals surface area (Å²) >= 11 is 0. The second-order valence-corrected chi connectivity index (χ2v) is 8.64. The van der Waals surface area contributed by atoms with Crippen LogP contribution in [-0.2, 0) is 9.22 Å². The Hall–Kier alpha value is -0.393. The van der Waals surface area contributed by atoms with E-state index in [1.165, 1.54) is 0 Å². The molecule has 0 aromatic heterocycles. The first-order valence-corrected chi connectivity index (χ1v) is 8.75. The predicted molar refractivity (Wildman–Crippen MR) is 67.6 cm³/mol. The van der Waals surface area contributed by atoms with Crippen LogP contribution in [0.4, 0.5) is 0 Å². The Morgan fingerprint density at radius 1 is 1.56 bits per heavy atom. The van der Waals surface area contributed by atoms with Crippen LogP contribution in [0.15, 0.2) is 0 Å². The molecule has 96 valence electrons. The van der Waals surface area contributed by atoms with E-state index in [-0.39, 0.29) is 18.1 Å². The summed E-state index contributed by atoms with van der Waals surface area (Å²) in [5.74, 6) is 0.205. The molecule has 0 saturated heterocycles. The maximum absolute atomic E-state index is 11.5. The monoisotopic (exact) mass is 247 g/mol. The van der Waals surface area contributed by atoms with E-state index in [9.17, 15) is 4.79 Å². The minimum atomic E-state index is -1.90. The maximum Gasteiger partial charge on any atom is 0.222 e. The van der Waals surface area contributed by atoms with Gasteiger partial charge in [-0.3, -0.25) is 4.79 Å². The summed E-state index contributed by atoms with van der Waals surface area (Å²) in [6.07, 6.45) is 1.88. The van der Waals surface area contributed by atoms with Gasteiger partial charge in [0.25, 0.3) is 0 Å². The molecule has 0 aliphatic rings. The molecule has 0 fully saturated rings. The first kappa shape index (κ1) is 15.6. The Kier molecular flexibility index (Phi) is 7.62. The number of carbonyl (C=O) groups excluding carboxylic acids is 1. The maximum atomic E-state index is 11.5. The van der Waals surface area contributed by atoms with Gasteiger partial charge in [0, 0.05) is 19.6 Å². The molecule has 0 rings (SSSR count). The van der Waals surface area contributed by atoms with Gasteiger partial charge in [0.05, 0.1) is 6.23 Å². The molecule has 0 radical (unpaired) electrons. The number of hydrogen-bond donors (Lipinski definition) is 2. The predicted octanol–water partition coefficient (Wildman–Crippen LogP) is 1.29. The highest BCUT2D eigenvalue weighted by atomic mass is 28.4. The van der Waals surface area contributed by atoms with E-state index in [2.05, 4.69) is 5.32 Å². The molecule has 2 N–H and O–H groups in total. The number of rotatable bonds is 8. The van der Waals surface area contributed by atoms with Crippen molar-refractivity contribution in [2.75, 3.05) is 19.9 Å². The first-order chi connectivity index (χ1) is 7.49. The molecule has 16 heavy (non-hydrogen) atoms. The van der Waals surface area contributed by atoms with E-state index < -0.39 is 8.32 Å². The fraction of sp³-hybridized carbons (Fsp3) is 0.909. The summed E-state index contributed by atoms with van der Waals surface area (Å²) in [6.45, 7) is 6.61. The van der Waals surface area contributed by atoms with E-state index in [0.29, 0.717) is 6.54 Å². The molecule has 0 aromatic carbocycles. The fourth-order valence-electron chi connectivity index (χ4n) is 1.28. The third-order valence-corrected chi connectivity index (χ3v) is 6.13. The second-order valence-electron chi connectivity index (χ2n) is 4.52. The average Bonchev–Trinajstić information content (AvgIpc) is 2.32. The smallest absolute Gasteiger partial charge is 0.222 e. The van der Waals surface area contributed by atoms with Crippen molar-refractivity contribution in [2.24, 2.45) is 5.92 Å². The Balaban J connectivity index is 3.71. The second kappa shape index (κ2) is 7.81. The van der Waals surface area contributed by atoms with Crippen LogP contribution in [0.5, 0.6) is 0 Å². The lowest BCUT2D eigenvalue weighted by atomic mass is 10.1. The van der Waals surface area contributed by atoms with Gasteiger partial charge in [0.1, 0.15) is 0 Å². The zero-order valence-electron chi connectivity index (χ0n) is 10.9. The Bertz CT molecular complexity index is 207. The highest BCUT2D eigenvalue weighted by molar-refractivity contribution is 6.72. The van der Waals surface area contributed by atoms with Gasteiger partial charge >= 0.3 is 0 Å². The summed E-state index contributed by atoms with van der Waals surface area (Å²) < 4.78 is 5.34. The lowest BCUT2D eigenvalue weighted by molar-refractivity contribution is -0.124. The molecular weight excluding hydrogens is 222 g/mol. The van der Waals surface area contributed by atoms with E-state index in [4.69, 9.17) is 9.53 Å². The lowest BCUT2D eigenvalue weighted by Gasteiger charge is -2.22. The van der Waals surface area contributed by atoms with Gasteiger partial charge in [-0.1, -0.05) is 13.8 Å². The van der Waals surface area contributed by atoms with Crippen molar-refractivity contribution in [1.82, 2.24) is 5.32 Å². The van der Waals surface area contributed by atoms with Crippen molar-refractivity contribution in [1.29, 1.82) is 0 Å². The molecule has 2 atom stereocenters. The van der Waals surface area contributed by atoms with Crippen LogP contribution in [0, 0.1) is 5.92 Å². The molecule has 0 aliphatic carbocycles. The van der Waals surface area contributed by atoms with Gasteiger partial charge in [-0.05, 0) is 25.4 Å². The molecule has 0 aromatic rings. The van der Waals surface area contributed by atoms with Gasteiger partial charge in [0.15, 0.2) is 0 Å². The molecule has 0 bridgehead atoms. The van der Waals surface area contributed by atoms with Gasteiger partial charge in [-0.15, -0.1) is 0 Å². The Labute approximate surface area is 99.5 Å². The van der Waals surface area contributed by atoms with Crippen LogP contribution in [-0.4, -0.2) is 39.2 Å². The topological polar surface area (TPSA) is 58.6 Å². The number of amides is 1. The van der Waals surface area contributed by atoms with Crippen LogP contribution in [0.1, 0.15) is 26.7 Å². The van der Waals surface area contributed by atoms with E-state index in [1.54, 1.807) is 7.11 Å². The fourth-order valence-corrected chi connectivity index (χ4v) is 2.70. The number of hydrogen-bond acceptors (Lipinski definition) is 3. The zero-order valence-corrected chi connectivity index (χ0v) is 11.9. The van der Waals surface area contributed by atoms with Gasteiger partial charge < -0.3 is 14.8 Å². The minimum Gasteiger partial charge on any atom is -0.418 e. The average molecular weight is 247 g/mol. The quantitative estimate of drug-likeness (QED) is 0.502. The van der Waals surface area contributed by atoms with E-state index >= 15 is 0 Å². The first-order valence-electron chi connectivity index (χ1n) is 5.92. The molecule has 1 amide bonds. The van der Waals surface area contributed by atoms with Crippen molar-refractivity contribution < 1.29 is 14.3 Å². The van der Waals surface area contributed by atoms with Crippen molar-refractivity contribution in [2.45, 2.75) is 39.3 Å². The van der Waals surface area contributed by atoms with Crippen LogP contribution >= 0.6 is 0 Å². The molecule has 0 heterocycles. The molecular formula is C11H25NO3Si. The van der Waals surface area contributed by atoms with E-state index in [1.807, 2.05) is 20.4 Å². The van der Waals surface area contributed by atoms with Crippen LogP contribution in [0.2, 0.25) is 12.6 Å². The highest BCUT2D eigenvalue weighted by Gasteiger charge is 2.25. The summed E-state index contributed by atoms with van der Waals surface area (Å²) in [5, 5.41) is 12.1. The van der Waals surface area contributed by atoms with Crippen LogP contribution in [0.3, 0.4) is 0 Å². The van der Waals surface area contributed by atoms with Gasteiger partial charge in [0.2, 0.25) is 14.2 Å². The Morgan fingerprint density at radius 3 is 2.62 bits per heavy atom. The highest BCUT2D eigenvalue weighted by Crippen LogP contribution is 2.11. The van der Waals surface area contributed by atoms with Gasteiger partial charge in [-0.25, -0.2) is 0 Å². The molecule has 2 unspecified atom stereocenters. The van der Waals surface area contributed by atoms with Gasteiger partial charge in [-0.2, -0.15) is 0 Å². The van der Waals surface area contributed by atoms with Crippen molar-refractivity contribution in [3.63, 3.8) is 0 Å². The standard InChI is InChI=1S/C11H25NO3Si/c1-5-10(2)11(14)12-7-6-8-16(4,9-13)15-3/h10,13H,5-9H2,1-4H3,(H,12,14). The largest absolute Gasteiger partial charge is 0.418 e. The molecule has 0 spiro atoms. The molecule has 5 heteroatoms. The summed E-state index contributed by atoms with van der Waals surface area (Å²) in [6, 6.07) is 0.876. The SMILES string of the molecule is CCC(C)C(=O)NCCC[Si](C)(CO)OC. The van der Waals surface area contributed by atoms with Crippen molar-refractivity contribution >= 4 is 14.2 Å². The number of nitrogens with one attached hydrogen (secondary N) is 1. The normalized spacial score (nSPS) is 16.6. The molecule has 0 aliphatic heterocycles. The molecule has 4 nitrogen and oxygen atoms in total. The zero-order chi connectivity index (χ0) is 12.6. The minimum absolute atomic E-state index is 0.0869. The van der Waals surface area contributed by atoms with Crippen molar-refractivity contribution in [3.05, 3.63) is 0 Å². The number of aliphatic hydroxyl groups excluding tert-OH is 1. The number of aliphatic hydroxyl groups is 1. The van der Waals surface area contributed by atoms with E-state index in [0.717, 1.165) is 18.9 Å². The lowest BCUT2D eigenvalue weighted by Crippen LogP contribution is -2.39.